The van der Waals surface area contributed by atoms with E-state index in [1.54, 1.807) is 11.3 Å². The van der Waals surface area contributed by atoms with E-state index >= 15 is 0 Å². The molecule has 0 fully saturated rings. The number of hydrogen-bond acceptors (Lipinski definition) is 5. The van der Waals surface area contributed by atoms with Gasteiger partial charge < -0.3 is 10.2 Å². The summed E-state index contributed by atoms with van der Waals surface area (Å²) in [5, 5.41) is 4.62. The van der Waals surface area contributed by atoms with Crippen LogP contribution in [0.5, 0.6) is 0 Å². The van der Waals surface area contributed by atoms with Crippen LogP contribution in [0.1, 0.15) is 31.2 Å². The first-order valence-corrected chi connectivity index (χ1v) is 8.29. The van der Waals surface area contributed by atoms with E-state index in [-0.39, 0.29) is 0 Å². The van der Waals surface area contributed by atoms with Crippen molar-refractivity contribution in [3.63, 3.8) is 0 Å². The Morgan fingerprint density at radius 1 is 1.59 bits per heavy atom. The fraction of sp³-hybridized carbons (Fsp3) is 0.750. The molecule has 0 saturated carbocycles. The number of thioether (sulfide) groups is 1. The van der Waals surface area contributed by atoms with Crippen molar-refractivity contribution in [3.8, 4) is 0 Å². The lowest BCUT2D eigenvalue weighted by molar-refractivity contribution is 0.577. The summed E-state index contributed by atoms with van der Waals surface area (Å²) in [6.07, 6.45) is 5.31. The first-order chi connectivity index (χ1) is 8.19. The summed E-state index contributed by atoms with van der Waals surface area (Å²) in [7, 11) is 2.11. The van der Waals surface area contributed by atoms with Gasteiger partial charge >= 0.3 is 0 Å². The maximum Gasteiger partial charge on any atom is 0.185 e. The molecule has 0 aliphatic carbocycles. The van der Waals surface area contributed by atoms with Gasteiger partial charge in [0.15, 0.2) is 5.13 Å². The highest BCUT2D eigenvalue weighted by molar-refractivity contribution is 7.98. The Morgan fingerprint density at radius 2 is 2.35 bits per heavy atom. The van der Waals surface area contributed by atoms with Gasteiger partial charge in [-0.3, -0.25) is 0 Å². The third kappa shape index (κ3) is 4.85. The van der Waals surface area contributed by atoms with Crippen LogP contribution in [-0.4, -0.2) is 37.1 Å². The Balaban J connectivity index is 2.51. The van der Waals surface area contributed by atoms with Gasteiger partial charge in [0.1, 0.15) is 0 Å². The summed E-state index contributed by atoms with van der Waals surface area (Å²) in [5.74, 6) is 1.15. The summed E-state index contributed by atoms with van der Waals surface area (Å²) < 4.78 is 0. The van der Waals surface area contributed by atoms with Crippen LogP contribution in [0.3, 0.4) is 0 Å². The Kier molecular flexibility index (Phi) is 6.92. The number of hydrogen-bond donors (Lipinski definition) is 1. The minimum Gasteiger partial charge on any atom is -0.350 e. The second-order valence-electron chi connectivity index (χ2n) is 4.14. The summed E-state index contributed by atoms with van der Waals surface area (Å²) in [6, 6.07) is 0.412. The van der Waals surface area contributed by atoms with Crippen LogP contribution in [0.2, 0.25) is 0 Å². The molecule has 1 aromatic heterocycles. The van der Waals surface area contributed by atoms with Crippen LogP contribution in [0.15, 0.2) is 6.20 Å². The standard InChI is InChI=1S/C12H23N3S2/c1-5-6-13-10(2)11-9-14-12(17-11)15(3)7-8-16-4/h9-10,13H,5-8H2,1-4H3. The minimum atomic E-state index is 0.412. The van der Waals surface area contributed by atoms with Gasteiger partial charge in [-0.25, -0.2) is 4.98 Å². The molecule has 5 heteroatoms. The molecule has 1 atom stereocenters. The number of nitrogens with zero attached hydrogens (tertiary/aromatic N) is 2. The Labute approximate surface area is 113 Å². The van der Waals surface area contributed by atoms with Crippen molar-refractivity contribution in [1.29, 1.82) is 0 Å². The molecule has 0 spiro atoms. The fourth-order valence-electron chi connectivity index (χ4n) is 1.44. The van der Waals surface area contributed by atoms with Crippen LogP contribution >= 0.6 is 23.1 Å². The van der Waals surface area contributed by atoms with Crippen LogP contribution in [0, 0.1) is 0 Å². The van der Waals surface area contributed by atoms with E-state index < -0.39 is 0 Å². The molecule has 1 N–H and O–H groups in total. The van der Waals surface area contributed by atoms with Crippen molar-refractivity contribution in [2.24, 2.45) is 0 Å². The molecule has 0 radical (unpaired) electrons. The average molecular weight is 273 g/mol. The number of aromatic nitrogens is 1. The van der Waals surface area contributed by atoms with Gasteiger partial charge in [-0.2, -0.15) is 11.8 Å². The normalized spacial score (nSPS) is 12.7. The van der Waals surface area contributed by atoms with Crippen molar-refractivity contribution >= 4 is 28.2 Å². The zero-order chi connectivity index (χ0) is 12.7. The fourth-order valence-corrected chi connectivity index (χ4v) is 2.82. The SMILES string of the molecule is CCCNC(C)c1cnc(N(C)CCSC)s1. The second-order valence-corrected chi connectivity index (χ2v) is 6.16. The number of nitrogens with one attached hydrogen (secondary N) is 1. The van der Waals surface area contributed by atoms with Gasteiger partial charge in [0, 0.05) is 36.5 Å². The summed E-state index contributed by atoms with van der Waals surface area (Å²) in [5.41, 5.74) is 0. The molecule has 0 aliphatic rings. The van der Waals surface area contributed by atoms with Crippen molar-refractivity contribution in [3.05, 3.63) is 11.1 Å². The second kappa shape index (κ2) is 7.95. The van der Waals surface area contributed by atoms with E-state index in [0.717, 1.165) is 24.0 Å². The van der Waals surface area contributed by atoms with Crippen LogP contribution < -0.4 is 10.2 Å². The molecule has 3 nitrogen and oxygen atoms in total. The highest BCUT2D eigenvalue weighted by Crippen LogP contribution is 2.26. The average Bonchev–Trinajstić information content (AvgIpc) is 2.82. The third-order valence-corrected chi connectivity index (χ3v) is 4.48. The quantitative estimate of drug-likeness (QED) is 0.788. The summed E-state index contributed by atoms with van der Waals surface area (Å²) in [6.45, 7) is 6.52. The maximum atomic E-state index is 4.49. The highest BCUT2D eigenvalue weighted by atomic mass is 32.2. The van der Waals surface area contributed by atoms with E-state index in [1.807, 2.05) is 18.0 Å². The number of rotatable bonds is 8. The Bertz CT molecular complexity index is 286. The van der Waals surface area contributed by atoms with E-state index in [9.17, 15) is 0 Å². The van der Waals surface area contributed by atoms with Gasteiger partial charge in [-0.05, 0) is 26.1 Å². The van der Waals surface area contributed by atoms with Gasteiger partial charge in [-0.1, -0.05) is 6.92 Å². The van der Waals surface area contributed by atoms with Gasteiger partial charge in [0.05, 0.1) is 0 Å². The lowest BCUT2D eigenvalue weighted by atomic mass is 10.3. The molecule has 0 aliphatic heterocycles. The first-order valence-electron chi connectivity index (χ1n) is 6.08. The molecular formula is C12H23N3S2. The molecule has 0 saturated heterocycles. The monoisotopic (exact) mass is 273 g/mol. The molecule has 0 bridgehead atoms. The Hall–Kier alpha value is -0.260. The summed E-state index contributed by atoms with van der Waals surface area (Å²) in [4.78, 5) is 8.05. The van der Waals surface area contributed by atoms with Gasteiger partial charge in [0.25, 0.3) is 0 Å². The van der Waals surface area contributed by atoms with Crippen molar-refractivity contribution in [1.82, 2.24) is 10.3 Å². The van der Waals surface area contributed by atoms with Crippen molar-refractivity contribution in [2.45, 2.75) is 26.3 Å². The topological polar surface area (TPSA) is 28.2 Å². The highest BCUT2D eigenvalue weighted by Gasteiger charge is 2.11. The van der Waals surface area contributed by atoms with E-state index in [2.05, 4.69) is 42.4 Å². The van der Waals surface area contributed by atoms with E-state index in [4.69, 9.17) is 0 Å². The predicted octanol–water partition coefficient (Wildman–Crippen LogP) is 3.00. The summed E-state index contributed by atoms with van der Waals surface area (Å²) >= 11 is 3.66. The van der Waals surface area contributed by atoms with Crippen LogP contribution in [-0.2, 0) is 0 Å². The smallest absolute Gasteiger partial charge is 0.185 e. The van der Waals surface area contributed by atoms with E-state index in [0.29, 0.717) is 6.04 Å². The minimum absolute atomic E-state index is 0.412. The van der Waals surface area contributed by atoms with Gasteiger partial charge in [0.2, 0.25) is 0 Å². The molecule has 0 amide bonds. The number of thiazole rings is 1. The predicted molar refractivity (Wildman–Crippen MR) is 80.5 cm³/mol. The first kappa shape index (κ1) is 14.8. The zero-order valence-electron chi connectivity index (χ0n) is 11.2. The molecule has 98 valence electrons. The lowest BCUT2D eigenvalue weighted by Gasteiger charge is -2.14. The molecular weight excluding hydrogens is 250 g/mol. The van der Waals surface area contributed by atoms with Crippen molar-refractivity contribution < 1.29 is 0 Å². The maximum absolute atomic E-state index is 4.49. The van der Waals surface area contributed by atoms with E-state index in [1.165, 1.54) is 11.3 Å². The number of anilines is 1. The molecule has 1 aromatic rings. The van der Waals surface area contributed by atoms with Crippen LogP contribution in [0.4, 0.5) is 5.13 Å². The van der Waals surface area contributed by atoms with Crippen molar-refractivity contribution in [2.75, 3.05) is 37.0 Å². The zero-order valence-corrected chi connectivity index (χ0v) is 12.8. The lowest BCUT2D eigenvalue weighted by Crippen LogP contribution is -2.19. The van der Waals surface area contributed by atoms with Crippen LogP contribution in [0.25, 0.3) is 0 Å². The molecule has 1 heterocycles. The van der Waals surface area contributed by atoms with Gasteiger partial charge in [-0.15, -0.1) is 11.3 Å². The molecule has 1 unspecified atom stereocenters. The molecule has 0 aromatic carbocycles. The Morgan fingerprint density at radius 3 is 3.00 bits per heavy atom. The molecule has 1 rings (SSSR count). The third-order valence-electron chi connectivity index (χ3n) is 2.60. The largest absolute Gasteiger partial charge is 0.350 e. The molecule has 17 heavy (non-hydrogen) atoms.